The van der Waals surface area contributed by atoms with Crippen molar-refractivity contribution in [3.05, 3.63) is 52.2 Å². The SMILES string of the molecule is O=C(NCc1cccc(N2CCOCC2)n1)c1cnc2[nH]c(=O)[nH]c2c1. The van der Waals surface area contributed by atoms with Crippen molar-refractivity contribution < 1.29 is 9.53 Å². The Kier molecular flexibility index (Phi) is 4.36. The van der Waals surface area contributed by atoms with Crippen LogP contribution in [0.4, 0.5) is 5.82 Å². The van der Waals surface area contributed by atoms with Crippen LogP contribution in [0.15, 0.2) is 35.3 Å². The number of H-pyrrole nitrogens is 2. The number of nitrogens with one attached hydrogen (secondary N) is 3. The Morgan fingerprint density at radius 2 is 2.12 bits per heavy atom. The molecular formula is C17H18N6O3. The molecule has 0 aliphatic carbocycles. The molecule has 1 amide bonds. The van der Waals surface area contributed by atoms with Gasteiger partial charge in [0.15, 0.2) is 5.65 Å². The minimum Gasteiger partial charge on any atom is -0.378 e. The molecule has 0 radical (unpaired) electrons. The number of aromatic nitrogens is 4. The maximum atomic E-state index is 12.3. The Bertz CT molecular complexity index is 989. The summed E-state index contributed by atoms with van der Waals surface area (Å²) in [4.78, 5) is 39.6. The minimum atomic E-state index is -0.353. The molecule has 9 heteroatoms. The summed E-state index contributed by atoms with van der Waals surface area (Å²) < 4.78 is 5.35. The molecule has 9 nitrogen and oxygen atoms in total. The summed E-state index contributed by atoms with van der Waals surface area (Å²) in [7, 11) is 0. The third-order valence-electron chi connectivity index (χ3n) is 4.19. The molecule has 1 aliphatic heterocycles. The van der Waals surface area contributed by atoms with E-state index in [1.165, 1.54) is 6.20 Å². The topological polar surface area (TPSA) is 116 Å². The number of rotatable bonds is 4. The summed E-state index contributed by atoms with van der Waals surface area (Å²) in [5, 5.41) is 2.83. The van der Waals surface area contributed by atoms with Gasteiger partial charge < -0.3 is 19.9 Å². The highest BCUT2D eigenvalue weighted by molar-refractivity contribution is 5.96. The zero-order valence-corrected chi connectivity index (χ0v) is 14.0. The zero-order valence-electron chi connectivity index (χ0n) is 14.0. The normalized spacial score (nSPS) is 14.5. The Balaban J connectivity index is 1.44. The highest BCUT2D eigenvalue weighted by Gasteiger charge is 2.13. The van der Waals surface area contributed by atoms with Crippen molar-refractivity contribution >= 4 is 22.9 Å². The maximum absolute atomic E-state index is 12.3. The standard InChI is InChI=1S/C17H18N6O3/c24-16(11-8-13-15(18-9-11)22-17(25)21-13)19-10-12-2-1-3-14(20-12)23-4-6-26-7-5-23/h1-3,8-9H,4-7,10H2,(H,19,24)(H2,18,21,22,25). The van der Waals surface area contributed by atoms with E-state index in [1.807, 2.05) is 18.2 Å². The highest BCUT2D eigenvalue weighted by atomic mass is 16.5. The molecule has 26 heavy (non-hydrogen) atoms. The van der Waals surface area contributed by atoms with Crippen LogP contribution >= 0.6 is 0 Å². The van der Waals surface area contributed by atoms with Gasteiger partial charge in [0, 0.05) is 19.3 Å². The van der Waals surface area contributed by atoms with Gasteiger partial charge in [-0.25, -0.2) is 14.8 Å². The van der Waals surface area contributed by atoms with Crippen molar-refractivity contribution in [2.45, 2.75) is 6.54 Å². The number of hydrogen-bond acceptors (Lipinski definition) is 6. The quantitative estimate of drug-likeness (QED) is 0.625. The first-order chi connectivity index (χ1) is 12.7. The number of anilines is 1. The predicted molar refractivity (Wildman–Crippen MR) is 95.2 cm³/mol. The summed E-state index contributed by atoms with van der Waals surface area (Å²) in [6.07, 6.45) is 1.43. The molecule has 3 aromatic rings. The van der Waals surface area contributed by atoms with Crippen LogP contribution in [0.5, 0.6) is 0 Å². The van der Waals surface area contributed by atoms with Crippen molar-refractivity contribution in [2.75, 3.05) is 31.2 Å². The van der Waals surface area contributed by atoms with Crippen LogP contribution in [-0.2, 0) is 11.3 Å². The Labute approximate surface area is 148 Å². The van der Waals surface area contributed by atoms with Gasteiger partial charge in [-0.15, -0.1) is 0 Å². The molecule has 0 saturated carbocycles. The number of pyridine rings is 2. The van der Waals surface area contributed by atoms with E-state index in [2.05, 4.69) is 30.2 Å². The number of fused-ring (bicyclic) bond motifs is 1. The molecule has 0 aromatic carbocycles. The third-order valence-corrected chi connectivity index (χ3v) is 4.19. The lowest BCUT2D eigenvalue weighted by atomic mass is 10.2. The average Bonchev–Trinajstić information content (AvgIpc) is 3.06. The predicted octanol–water partition coefficient (Wildman–Crippen LogP) is 0.413. The number of aromatic amines is 2. The zero-order chi connectivity index (χ0) is 17.9. The smallest absolute Gasteiger partial charge is 0.325 e. The number of hydrogen-bond donors (Lipinski definition) is 3. The monoisotopic (exact) mass is 354 g/mol. The van der Waals surface area contributed by atoms with Gasteiger partial charge in [0.1, 0.15) is 5.82 Å². The minimum absolute atomic E-state index is 0.278. The summed E-state index contributed by atoms with van der Waals surface area (Å²) in [5.41, 5.74) is 1.71. The van der Waals surface area contributed by atoms with E-state index in [9.17, 15) is 9.59 Å². The van der Waals surface area contributed by atoms with E-state index in [0.29, 0.717) is 36.5 Å². The van der Waals surface area contributed by atoms with Crippen LogP contribution in [0.1, 0.15) is 16.1 Å². The molecule has 1 fully saturated rings. The molecule has 3 N–H and O–H groups in total. The largest absolute Gasteiger partial charge is 0.378 e. The summed E-state index contributed by atoms with van der Waals surface area (Å²) in [6, 6.07) is 7.34. The van der Waals surface area contributed by atoms with Gasteiger partial charge >= 0.3 is 5.69 Å². The first-order valence-electron chi connectivity index (χ1n) is 8.34. The van der Waals surface area contributed by atoms with E-state index in [1.54, 1.807) is 6.07 Å². The maximum Gasteiger partial charge on any atom is 0.325 e. The van der Waals surface area contributed by atoms with Crippen LogP contribution < -0.4 is 15.9 Å². The van der Waals surface area contributed by atoms with Gasteiger partial charge in [0.2, 0.25) is 0 Å². The fourth-order valence-electron chi connectivity index (χ4n) is 2.85. The lowest BCUT2D eigenvalue weighted by Crippen LogP contribution is -2.37. The second-order valence-electron chi connectivity index (χ2n) is 5.97. The molecule has 0 unspecified atom stereocenters. The molecule has 1 saturated heterocycles. The van der Waals surface area contributed by atoms with E-state index in [4.69, 9.17) is 4.74 Å². The van der Waals surface area contributed by atoms with Crippen molar-refractivity contribution in [3.8, 4) is 0 Å². The first kappa shape index (κ1) is 16.3. The molecule has 4 heterocycles. The van der Waals surface area contributed by atoms with Gasteiger partial charge in [-0.3, -0.25) is 9.78 Å². The van der Waals surface area contributed by atoms with E-state index in [-0.39, 0.29) is 11.6 Å². The van der Waals surface area contributed by atoms with Crippen LogP contribution in [0.3, 0.4) is 0 Å². The summed E-state index contributed by atoms with van der Waals surface area (Å²) in [6.45, 7) is 3.31. The van der Waals surface area contributed by atoms with Crippen LogP contribution in [0, 0.1) is 0 Å². The number of morpholine rings is 1. The second kappa shape index (κ2) is 6.96. The number of carbonyl (C=O) groups excluding carboxylic acids is 1. The fraction of sp³-hybridized carbons (Fsp3) is 0.294. The Hall–Kier alpha value is -3.20. The fourth-order valence-corrected chi connectivity index (χ4v) is 2.85. The first-order valence-corrected chi connectivity index (χ1v) is 8.34. The number of nitrogens with zero attached hydrogens (tertiary/aromatic N) is 3. The highest BCUT2D eigenvalue weighted by Crippen LogP contribution is 2.13. The van der Waals surface area contributed by atoms with E-state index in [0.717, 1.165) is 24.6 Å². The van der Waals surface area contributed by atoms with Crippen molar-refractivity contribution in [2.24, 2.45) is 0 Å². The number of imidazole rings is 1. The van der Waals surface area contributed by atoms with E-state index >= 15 is 0 Å². The number of carbonyl (C=O) groups is 1. The van der Waals surface area contributed by atoms with Gasteiger partial charge in [-0.2, -0.15) is 0 Å². The molecule has 4 rings (SSSR count). The Morgan fingerprint density at radius 1 is 1.27 bits per heavy atom. The molecule has 3 aromatic heterocycles. The summed E-state index contributed by atoms with van der Waals surface area (Å²) >= 11 is 0. The second-order valence-corrected chi connectivity index (χ2v) is 5.97. The van der Waals surface area contributed by atoms with Crippen molar-refractivity contribution in [1.29, 1.82) is 0 Å². The number of ether oxygens (including phenoxy) is 1. The van der Waals surface area contributed by atoms with Gasteiger partial charge in [-0.05, 0) is 18.2 Å². The molecule has 1 aliphatic rings. The molecule has 0 bridgehead atoms. The van der Waals surface area contributed by atoms with Crippen molar-refractivity contribution in [1.82, 2.24) is 25.3 Å². The molecular weight excluding hydrogens is 336 g/mol. The molecule has 0 atom stereocenters. The molecule has 0 spiro atoms. The number of amides is 1. The van der Waals surface area contributed by atoms with E-state index < -0.39 is 0 Å². The van der Waals surface area contributed by atoms with Crippen molar-refractivity contribution in [3.63, 3.8) is 0 Å². The van der Waals surface area contributed by atoms with Gasteiger partial charge in [0.05, 0.1) is 36.5 Å². The van der Waals surface area contributed by atoms with Gasteiger partial charge in [0.25, 0.3) is 5.91 Å². The third kappa shape index (κ3) is 3.42. The molecule has 134 valence electrons. The lowest BCUT2D eigenvalue weighted by Gasteiger charge is -2.28. The summed E-state index contributed by atoms with van der Waals surface area (Å²) in [5.74, 6) is 0.605. The lowest BCUT2D eigenvalue weighted by molar-refractivity contribution is 0.0950. The Morgan fingerprint density at radius 3 is 2.96 bits per heavy atom. The average molecular weight is 354 g/mol. The van der Waals surface area contributed by atoms with Crippen LogP contribution in [-0.4, -0.2) is 52.1 Å². The van der Waals surface area contributed by atoms with Crippen LogP contribution in [0.25, 0.3) is 11.2 Å². The van der Waals surface area contributed by atoms with Crippen LogP contribution in [0.2, 0.25) is 0 Å². The van der Waals surface area contributed by atoms with Gasteiger partial charge in [-0.1, -0.05) is 6.07 Å².